The summed E-state index contributed by atoms with van der Waals surface area (Å²) in [6, 6.07) is 10.3. The van der Waals surface area contributed by atoms with E-state index in [4.69, 9.17) is 9.15 Å². The van der Waals surface area contributed by atoms with E-state index >= 15 is 0 Å². The summed E-state index contributed by atoms with van der Waals surface area (Å²) in [7, 11) is 1.63. The first kappa shape index (κ1) is 16.3. The first-order valence-electron chi connectivity index (χ1n) is 7.92. The Balaban J connectivity index is 1.69. The Bertz CT molecular complexity index is 712. The molecule has 0 aliphatic carbocycles. The average molecular weight is 328 g/mol. The Kier molecular flexibility index (Phi) is 4.96. The van der Waals surface area contributed by atoms with Crippen molar-refractivity contribution >= 4 is 17.5 Å². The van der Waals surface area contributed by atoms with Crippen LogP contribution in [-0.2, 0) is 16.1 Å². The van der Waals surface area contributed by atoms with Gasteiger partial charge in [0, 0.05) is 19.3 Å². The molecule has 1 aromatic carbocycles. The highest BCUT2D eigenvalue weighted by molar-refractivity contribution is 6.00. The first-order chi connectivity index (χ1) is 11.7. The number of likely N-dealkylation sites (tertiary alicyclic amines) is 1. The SMILES string of the molecule is COCc1cccc(NC(=O)C2CCCN2C(=O)c2ccco2)c1. The van der Waals surface area contributed by atoms with Crippen molar-refractivity contribution in [3.05, 3.63) is 54.0 Å². The normalized spacial score (nSPS) is 17.0. The maximum Gasteiger partial charge on any atom is 0.290 e. The fourth-order valence-electron chi connectivity index (χ4n) is 2.96. The van der Waals surface area contributed by atoms with E-state index in [-0.39, 0.29) is 17.6 Å². The second kappa shape index (κ2) is 7.31. The molecular formula is C18H20N2O4. The highest BCUT2D eigenvalue weighted by Gasteiger charge is 2.35. The van der Waals surface area contributed by atoms with Crippen LogP contribution in [0, 0.1) is 0 Å². The van der Waals surface area contributed by atoms with Crippen molar-refractivity contribution in [2.45, 2.75) is 25.5 Å². The maximum absolute atomic E-state index is 12.6. The van der Waals surface area contributed by atoms with Gasteiger partial charge in [0.1, 0.15) is 6.04 Å². The second-order valence-corrected chi connectivity index (χ2v) is 5.76. The van der Waals surface area contributed by atoms with Gasteiger partial charge in [-0.2, -0.15) is 0 Å². The number of furan rings is 1. The van der Waals surface area contributed by atoms with Crippen molar-refractivity contribution in [1.82, 2.24) is 4.90 Å². The molecule has 0 spiro atoms. The molecule has 6 nitrogen and oxygen atoms in total. The molecule has 2 heterocycles. The molecule has 3 rings (SSSR count). The van der Waals surface area contributed by atoms with E-state index in [9.17, 15) is 9.59 Å². The zero-order chi connectivity index (χ0) is 16.9. The summed E-state index contributed by atoms with van der Waals surface area (Å²) in [6.45, 7) is 1.04. The summed E-state index contributed by atoms with van der Waals surface area (Å²) in [5.74, 6) is -0.162. The topological polar surface area (TPSA) is 71.8 Å². The highest BCUT2D eigenvalue weighted by Crippen LogP contribution is 2.22. The van der Waals surface area contributed by atoms with Gasteiger partial charge >= 0.3 is 0 Å². The molecule has 1 aliphatic heterocycles. The van der Waals surface area contributed by atoms with E-state index in [0.29, 0.717) is 25.3 Å². The van der Waals surface area contributed by atoms with Crippen molar-refractivity contribution in [2.24, 2.45) is 0 Å². The fourth-order valence-corrected chi connectivity index (χ4v) is 2.96. The molecule has 0 bridgehead atoms. The molecule has 0 saturated carbocycles. The number of nitrogens with zero attached hydrogens (tertiary/aromatic N) is 1. The van der Waals surface area contributed by atoms with Crippen LogP contribution < -0.4 is 5.32 Å². The van der Waals surface area contributed by atoms with Crippen LogP contribution in [0.15, 0.2) is 47.1 Å². The van der Waals surface area contributed by atoms with Gasteiger partial charge in [-0.1, -0.05) is 12.1 Å². The van der Waals surface area contributed by atoms with E-state index in [0.717, 1.165) is 12.0 Å². The standard InChI is InChI=1S/C18H20N2O4/c1-23-12-13-5-2-6-14(11-13)19-17(21)15-7-3-9-20(15)18(22)16-8-4-10-24-16/h2,4-6,8,10-11,15H,3,7,9,12H2,1H3,(H,19,21). The molecule has 0 radical (unpaired) electrons. The van der Waals surface area contributed by atoms with Crippen LogP contribution in [0.4, 0.5) is 5.69 Å². The lowest BCUT2D eigenvalue weighted by Crippen LogP contribution is -2.43. The van der Waals surface area contributed by atoms with Gasteiger partial charge in [0.25, 0.3) is 5.91 Å². The Morgan fingerprint density at radius 2 is 2.21 bits per heavy atom. The van der Waals surface area contributed by atoms with Gasteiger partial charge in [-0.15, -0.1) is 0 Å². The zero-order valence-electron chi connectivity index (χ0n) is 13.5. The largest absolute Gasteiger partial charge is 0.459 e. The minimum Gasteiger partial charge on any atom is -0.459 e. The number of nitrogens with one attached hydrogen (secondary N) is 1. The van der Waals surface area contributed by atoms with Gasteiger partial charge < -0.3 is 19.4 Å². The molecule has 1 N–H and O–H groups in total. The monoisotopic (exact) mass is 328 g/mol. The van der Waals surface area contributed by atoms with E-state index in [1.807, 2.05) is 24.3 Å². The smallest absolute Gasteiger partial charge is 0.290 e. The van der Waals surface area contributed by atoms with Gasteiger partial charge in [-0.05, 0) is 42.7 Å². The minimum absolute atomic E-state index is 0.179. The van der Waals surface area contributed by atoms with E-state index < -0.39 is 6.04 Å². The number of carbonyl (C=O) groups is 2. The van der Waals surface area contributed by atoms with Crippen molar-refractivity contribution in [3.63, 3.8) is 0 Å². The van der Waals surface area contributed by atoms with Crippen LogP contribution in [-0.4, -0.2) is 36.4 Å². The summed E-state index contributed by atoms with van der Waals surface area (Å²) in [4.78, 5) is 26.6. The van der Waals surface area contributed by atoms with Crippen LogP contribution in [0.1, 0.15) is 29.0 Å². The van der Waals surface area contributed by atoms with E-state index in [1.165, 1.54) is 6.26 Å². The molecule has 2 amide bonds. The van der Waals surface area contributed by atoms with E-state index in [2.05, 4.69) is 5.32 Å². The third-order valence-electron chi connectivity index (χ3n) is 4.05. The number of benzene rings is 1. The molecule has 24 heavy (non-hydrogen) atoms. The number of hydrogen-bond donors (Lipinski definition) is 1. The Labute approximate surface area is 140 Å². The summed E-state index contributed by atoms with van der Waals surface area (Å²) in [6.07, 6.45) is 2.91. The van der Waals surface area contributed by atoms with Gasteiger partial charge in [-0.3, -0.25) is 9.59 Å². The van der Waals surface area contributed by atoms with E-state index in [1.54, 1.807) is 24.1 Å². The Morgan fingerprint density at radius 1 is 1.33 bits per heavy atom. The maximum atomic E-state index is 12.6. The number of rotatable bonds is 5. The molecule has 1 unspecified atom stereocenters. The highest BCUT2D eigenvalue weighted by atomic mass is 16.5. The lowest BCUT2D eigenvalue weighted by Gasteiger charge is -2.23. The molecule has 1 aliphatic rings. The van der Waals surface area contributed by atoms with Crippen molar-refractivity contribution in [3.8, 4) is 0 Å². The predicted octanol–water partition coefficient (Wildman–Crippen LogP) is 2.67. The number of carbonyl (C=O) groups excluding carboxylic acids is 2. The second-order valence-electron chi connectivity index (χ2n) is 5.76. The summed E-state index contributed by atoms with van der Waals surface area (Å²) in [5.41, 5.74) is 1.68. The van der Waals surface area contributed by atoms with Gasteiger partial charge in [0.05, 0.1) is 12.9 Å². The number of anilines is 1. The van der Waals surface area contributed by atoms with Crippen molar-refractivity contribution in [1.29, 1.82) is 0 Å². The molecule has 1 fully saturated rings. The predicted molar refractivity (Wildman–Crippen MR) is 88.6 cm³/mol. The molecule has 2 aromatic rings. The van der Waals surface area contributed by atoms with Crippen LogP contribution >= 0.6 is 0 Å². The lowest BCUT2D eigenvalue weighted by atomic mass is 10.1. The molecule has 1 saturated heterocycles. The van der Waals surface area contributed by atoms with Gasteiger partial charge in [0.15, 0.2) is 5.76 Å². The summed E-state index contributed by atoms with van der Waals surface area (Å²) in [5, 5.41) is 2.89. The fraction of sp³-hybridized carbons (Fsp3) is 0.333. The third kappa shape index (κ3) is 3.49. The van der Waals surface area contributed by atoms with Crippen LogP contribution in [0.2, 0.25) is 0 Å². The number of ether oxygens (including phenoxy) is 1. The van der Waals surface area contributed by atoms with Gasteiger partial charge in [-0.25, -0.2) is 0 Å². The van der Waals surface area contributed by atoms with Crippen LogP contribution in [0.25, 0.3) is 0 Å². The molecule has 1 aromatic heterocycles. The molecule has 6 heteroatoms. The van der Waals surface area contributed by atoms with Crippen LogP contribution in [0.3, 0.4) is 0 Å². The number of methoxy groups -OCH3 is 1. The minimum atomic E-state index is -0.478. The summed E-state index contributed by atoms with van der Waals surface area (Å²) < 4.78 is 10.3. The Hall–Kier alpha value is -2.60. The molecular weight excluding hydrogens is 308 g/mol. The quantitative estimate of drug-likeness (QED) is 0.916. The Morgan fingerprint density at radius 3 is 2.96 bits per heavy atom. The number of amides is 2. The summed E-state index contributed by atoms with van der Waals surface area (Å²) >= 11 is 0. The first-order valence-corrected chi connectivity index (χ1v) is 7.92. The molecule has 126 valence electrons. The lowest BCUT2D eigenvalue weighted by molar-refractivity contribution is -0.119. The third-order valence-corrected chi connectivity index (χ3v) is 4.05. The van der Waals surface area contributed by atoms with Crippen molar-refractivity contribution in [2.75, 3.05) is 19.0 Å². The van der Waals surface area contributed by atoms with Crippen LogP contribution in [0.5, 0.6) is 0 Å². The molecule has 1 atom stereocenters. The zero-order valence-corrected chi connectivity index (χ0v) is 13.5. The van der Waals surface area contributed by atoms with Gasteiger partial charge in [0.2, 0.25) is 5.91 Å². The number of hydrogen-bond acceptors (Lipinski definition) is 4. The van der Waals surface area contributed by atoms with Crippen molar-refractivity contribution < 1.29 is 18.7 Å². The average Bonchev–Trinajstić information content (AvgIpc) is 3.27.